The Bertz CT molecular complexity index is 604. The number of hydrogen-bond acceptors (Lipinski definition) is 3. The zero-order chi connectivity index (χ0) is 14.5. The summed E-state index contributed by atoms with van der Waals surface area (Å²) in [6.45, 7) is 2.06. The Morgan fingerprint density at radius 2 is 1.90 bits per heavy atom. The van der Waals surface area contributed by atoms with Gasteiger partial charge in [-0.25, -0.2) is 0 Å². The van der Waals surface area contributed by atoms with Crippen molar-refractivity contribution in [2.24, 2.45) is 0 Å². The normalized spacial score (nSPS) is 12.2. The van der Waals surface area contributed by atoms with Gasteiger partial charge in [-0.2, -0.15) is 0 Å². The predicted octanol–water partition coefficient (Wildman–Crippen LogP) is 3.91. The van der Waals surface area contributed by atoms with Crippen LogP contribution in [0.15, 0.2) is 36.4 Å². The molecule has 0 aliphatic heterocycles. The molecule has 0 aliphatic carbocycles. The fourth-order valence-electron chi connectivity index (χ4n) is 2.62. The first-order valence-electron chi connectivity index (χ1n) is 6.86. The molecule has 0 radical (unpaired) electrons. The molecule has 0 fully saturated rings. The lowest BCUT2D eigenvalue weighted by Crippen LogP contribution is -2.15. The Labute approximate surface area is 119 Å². The molecule has 0 saturated heterocycles. The average Bonchev–Trinajstić information content (AvgIpc) is 2.51. The molecule has 3 nitrogen and oxygen atoms in total. The zero-order valence-corrected chi connectivity index (χ0v) is 12.2. The molecule has 0 saturated carbocycles. The van der Waals surface area contributed by atoms with Crippen LogP contribution in [0.4, 0.5) is 0 Å². The molecule has 0 bridgehead atoms. The molecular formula is C17H20O3. The van der Waals surface area contributed by atoms with E-state index >= 15 is 0 Å². The lowest BCUT2D eigenvalue weighted by Gasteiger charge is -2.19. The van der Waals surface area contributed by atoms with Gasteiger partial charge in [-0.05, 0) is 23.3 Å². The average molecular weight is 272 g/mol. The maximum absolute atomic E-state index is 12.1. The van der Waals surface area contributed by atoms with Gasteiger partial charge < -0.3 is 9.47 Å². The van der Waals surface area contributed by atoms with Gasteiger partial charge in [0.25, 0.3) is 0 Å². The molecule has 0 spiro atoms. The molecular weight excluding hydrogens is 252 g/mol. The molecule has 2 aromatic rings. The van der Waals surface area contributed by atoms with Crippen molar-refractivity contribution >= 4 is 16.7 Å². The first-order chi connectivity index (χ1) is 9.72. The van der Waals surface area contributed by atoms with E-state index in [4.69, 9.17) is 9.47 Å². The van der Waals surface area contributed by atoms with Gasteiger partial charge in [0, 0.05) is 5.56 Å². The van der Waals surface area contributed by atoms with E-state index < -0.39 is 0 Å². The Balaban J connectivity index is 2.67. The van der Waals surface area contributed by atoms with Crippen molar-refractivity contribution in [3.05, 3.63) is 42.0 Å². The van der Waals surface area contributed by atoms with E-state index in [0.717, 1.165) is 34.9 Å². The third-order valence-corrected chi connectivity index (χ3v) is 3.56. The van der Waals surface area contributed by atoms with Gasteiger partial charge in [0.2, 0.25) is 0 Å². The Morgan fingerprint density at radius 1 is 1.15 bits per heavy atom. The summed E-state index contributed by atoms with van der Waals surface area (Å²) in [6, 6.07) is 12.0. The van der Waals surface area contributed by atoms with Crippen LogP contribution < -0.4 is 4.74 Å². The van der Waals surface area contributed by atoms with E-state index in [0.29, 0.717) is 0 Å². The fourth-order valence-corrected chi connectivity index (χ4v) is 2.62. The van der Waals surface area contributed by atoms with Crippen LogP contribution in [0.2, 0.25) is 0 Å². The maximum atomic E-state index is 12.1. The van der Waals surface area contributed by atoms with E-state index in [1.54, 1.807) is 7.11 Å². The summed E-state index contributed by atoms with van der Waals surface area (Å²) in [4.78, 5) is 12.1. The van der Waals surface area contributed by atoms with E-state index in [2.05, 4.69) is 6.92 Å². The zero-order valence-electron chi connectivity index (χ0n) is 12.2. The third-order valence-electron chi connectivity index (χ3n) is 3.56. The Hall–Kier alpha value is -2.03. The minimum atomic E-state index is -0.286. The second-order valence-corrected chi connectivity index (χ2v) is 4.77. The largest absolute Gasteiger partial charge is 0.496 e. The maximum Gasteiger partial charge on any atom is 0.313 e. The molecule has 0 heterocycles. The van der Waals surface area contributed by atoms with Crippen LogP contribution in [-0.2, 0) is 9.53 Å². The van der Waals surface area contributed by atoms with E-state index in [1.807, 2.05) is 36.4 Å². The summed E-state index contributed by atoms with van der Waals surface area (Å²) < 4.78 is 10.4. The number of fused-ring (bicyclic) bond motifs is 1. The van der Waals surface area contributed by atoms with E-state index in [9.17, 15) is 4.79 Å². The van der Waals surface area contributed by atoms with Crippen molar-refractivity contribution < 1.29 is 14.3 Å². The van der Waals surface area contributed by atoms with Crippen molar-refractivity contribution in [1.29, 1.82) is 0 Å². The van der Waals surface area contributed by atoms with Crippen LogP contribution in [0, 0.1) is 0 Å². The smallest absolute Gasteiger partial charge is 0.313 e. The summed E-state index contributed by atoms with van der Waals surface area (Å²) in [7, 11) is 3.07. The van der Waals surface area contributed by atoms with Gasteiger partial charge >= 0.3 is 5.97 Å². The van der Waals surface area contributed by atoms with Gasteiger partial charge in [0.1, 0.15) is 5.75 Å². The van der Waals surface area contributed by atoms with Gasteiger partial charge in [0.15, 0.2) is 0 Å². The number of rotatable bonds is 5. The van der Waals surface area contributed by atoms with Crippen molar-refractivity contribution in [3.8, 4) is 5.75 Å². The lowest BCUT2D eigenvalue weighted by molar-refractivity contribution is -0.142. The van der Waals surface area contributed by atoms with Crippen molar-refractivity contribution in [3.63, 3.8) is 0 Å². The SMILES string of the molecule is CCCC(C(=O)OC)c1c(OC)ccc2ccccc12. The first kappa shape index (κ1) is 14.4. The quantitative estimate of drug-likeness (QED) is 0.774. The lowest BCUT2D eigenvalue weighted by atomic mass is 9.89. The third kappa shape index (κ3) is 2.62. The van der Waals surface area contributed by atoms with Crippen LogP contribution in [0.5, 0.6) is 5.75 Å². The topological polar surface area (TPSA) is 35.5 Å². The monoisotopic (exact) mass is 272 g/mol. The highest BCUT2D eigenvalue weighted by Crippen LogP contribution is 2.37. The van der Waals surface area contributed by atoms with Gasteiger partial charge in [0.05, 0.1) is 20.1 Å². The molecule has 2 aromatic carbocycles. The summed E-state index contributed by atoms with van der Waals surface area (Å²) in [5.74, 6) is 0.250. The number of esters is 1. The van der Waals surface area contributed by atoms with Gasteiger partial charge in [-0.1, -0.05) is 43.7 Å². The van der Waals surface area contributed by atoms with Crippen LogP contribution in [-0.4, -0.2) is 20.2 Å². The van der Waals surface area contributed by atoms with Crippen LogP contribution in [0.3, 0.4) is 0 Å². The highest BCUT2D eigenvalue weighted by Gasteiger charge is 2.25. The highest BCUT2D eigenvalue weighted by molar-refractivity contribution is 5.93. The second-order valence-electron chi connectivity index (χ2n) is 4.77. The molecule has 0 amide bonds. The van der Waals surface area contributed by atoms with E-state index in [-0.39, 0.29) is 11.9 Å². The number of benzene rings is 2. The summed E-state index contributed by atoms with van der Waals surface area (Å²) >= 11 is 0. The minimum Gasteiger partial charge on any atom is -0.496 e. The molecule has 3 heteroatoms. The number of methoxy groups -OCH3 is 2. The molecule has 0 aliphatic rings. The summed E-state index contributed by atoms with van der Waals surface area (Å²) in [5, 5.41) is 2.16. The number of carbonyl (C=O) groups excluding carboxylic acids is 1. The molecule has 0 aromatic heterocycles. The van der Waals surface area contributed by atoms with Crippen LogP contribution >= 0.6 is 0 Å². The van der Waals surface area contributed by atoms with Gasteiger partial charge in [-0.15, -0.1) is 0 Å². The summed E-state index contributed by atoms with van der Waals surface area (Å²) in [6.07, 6.45) is 1.66. The molecule has 1 unspecified atom stereocenters. The Morgan fingerprint density at radius 3 is 2.55 bits per heavy atom. The van der Waals surface area contributed by atoms with Crippen LogP contribution in [0.25, 0.3) is 10.8 Å². The number of ether oxygens (including phenoxy) is 2. The second kappa shape index (κ2) is 6.42. The molecule has 106 valence electrons. The summed E-state index contributed by atoms with van der Waals surface area (Å²) in [5.41, 5.74) is 0.930. The van der Waals surface area contributed by atoms with E-state index in [1.165, 1.54) is 7.11 Å². The van der Waals surface area contributed by atoms with Crippen molar-refractivity contribution in [1.82, 2.24) is 0 Å². The van der Waals surface area contributed by atoms with Crippen LogP contribution in [0.1, 0.15) is 31.2 Å². The molecule has 0 N–H and O–H groups in total. The standard InChI is InChI=1S/C17H20O3/c1-4-7-14(17(18)20-3)16-13-9-6-5-8-12(13)10-11-15(16)19-2/h5-6,8-11,14H,4,7H2,1-3H3. The first-order valence-corrected chi connectivity index (χ1v) is 6.86. The molecule has 1 atom stereocenters. The molecule has 2 rings (SSSR count). The van der Waals surface area contributed by atoms with Crippen molar-refractivity contribution in [2.45, 2.75) is 25.7 Å². The predicted molar refractivity (Wildman–Crippen MR) is 80.2 cm³/mol. The highest BCUT2D eigenvalue weighted by atomic mass is 16.5. The van der Waals surface area contributed by atoms with Crippen molar-refractivity contribution in [2.75, 3.05) is 14.2 Å². The van der Waals surface area contributed by atoms with Gasteiger partial charge in [-0.3, -0.25) is 4.79 Å². The number of carbonyl (C=O) groups is 1. The minimum absolute atomic E-state index is 0.207. The Kier molecular flexibility index (Phi) is 4.61. The fraction of sp³-hybridized carbons (Fsp3) is 0.353. The number of hydrogen-bond donors (Lipinski definition) is 0. The molecule has 20 heavy (non-hydrogen) atoms.